The van der Waals surface area contributed by atoms with Crippen molar-refractivity contribution in [2.45, 2.75) is 57.2 Å². The van der Waals surface area contributed by atoms with E-state index in [1.807, 2.05) is 47.3 Å². The first-order chi connectivity index (χ1) is 15.7. The first-order valence-electron chi connectivity index (χ1n) is 11.5. The van der Waals surface area contributed by atoms with Gasteiger partial charge in [0, 0.05) is 13.1 Å². The predicted molar refractivity (Wildman–Crippen MR) is 124 cm³/mol. The summed E-state index contributed by atoms with van der Waals surface area (Å²) in [5.41, 5.74) is 3.26. The highest BCUT2D eigenvalue weighted by Crippen LogP contribution is 2.31. The Bertz CT molecular complexity index is 974. The number of esters is 1. The van der Waals surface area contributed by atoms with Gasteiger partial charge in [0.1, 0.15) is 6.10 Å². The number of benzene rings is 2. The average molecular weight is 433 g/mol. The second-order valence-corrected chi connectivity index (χ2v) is 8.71. The van der Waals surface area contributed by atoms with Crippen LogP contribution in [0, 0.1) is 0 Å². The number of hydrogen-bond donors (Lipinski definition) is 0. The topological polar surface area (TPSA) is 60.2 Å². The Morgan fingerprint density at radius 3 is 2.47 bits per heavy atom. The van der Waals surface area contributed by atoms with Gasteiger partial charge in [0.25, 0.3) is 0 Å². The Balaban J connectivity index is 1.32. The Morgan fingerprint density at radius 1 is 1.03 bits per heavy atom. The number of rotatable bonds is 9. The Hall–Kier alpha value is -2.99. The summed E-state index contributed by atoms with van der Waals surface area (Å²) in [6.07, 6.45) is 7.20. The number of carbonyl (C=O) groups excluding carboxylic acids is 1. The van der Waals surface area contributed by atoms with Gasteiger partial charge in [-0.1, -0.05) is 72.3 Å². The molecule has 1 heterocycles. The fourth-order valence-corrected chi connectivity index (χ4v) is 4.36. The van der Waals surface area contributed by atoms with E-state index in [1.165, 1.54) is 5.56 Å². The summed E-state index contributed by atoms with van der Waals surface area (Å²) in [5.74, 6) is -0.172. The first-order valence-corrected chi connectivity index (χ1v) is 11.5. The highest BCUT2D eigenvalue weighted by Gasteiger charge is 2.30. The van der Waals surface area contributed by atoms with Crippen LogP contribution in [0.5, 0.6) is 0 Å². The minimum Gasteiger partial charge on any atom is -0.460 e. The van der Waals surface area contributed by atoms with Crippen molar-refractivity contribution in [3.63, 3.8) is 0 Å². The number of aromatic nitrogens is 3. The van der Waals surface area contributed by atoms with Crippen molar-refractivity contribution in [2.75, 3.05) is 13.6 Å². The van der Waals surface area contributed by atoms with Crippen LogP contribution < -0.4 is 0 Å². The molecule has 6 heteroatoms. The van der Waals surface area contributed by atoms with E-state index in [0.29, 0.717) is 6.42 Å². The van der Waals surface area contributed by atoms with Crippen molar-refractivity contribution in [1.29, 1.82) is 0 Å². The third kappa shape index (κ3) is 6.26. The molecule has 0 unspecified atom stereocenters. The maximum atomic E-state index is 12.5. The molecule has 1 fully saturated rings. The molecule has 2 aromatic carbocycles. The lowest BCUT2D eigenvalue weighted by atomic mass is 9.92. The van der Waals surface area contributed by atoms with Crippen LogP contribution in [-0.4, -0.2) is 45.6 Å². The molecular formula is C26H32N4O2. The van der Waals surface area contributed by atoms with Gasteiger partial charge < -0.3 is 9.64 Å². The van der Waals surface area contributed by atoms with Crippen molar-refractivity contribution >= 4 is 5.97 Å². The first kappa shape index (κ1) is 22.2. The van der Waals surface area contributed by atoms with Gasteiger partial charge in [-0.2, -0.15) is 0 Å². The molecule has 0 radical (unpaired) electrons. The summed E-state index contributed by atoms with van der Waals surface area (Å²) in [6.45, 7) is 1.71. The normalized spacial score (nSPS) is 18.6. The number of nitrogens with zero attached hydrogens (tertiary/aromatic N) is 4. The van der Waals surface area contributed by atoms with Crippen LogP contribution in [0.3, 0.4) is 0 Å². The van der Waals surface area contributed by atoms with Gasteiger partial charge >= 0.3 is 5.97 Å². The highest BCUT2D eigenvalue weighted by atomic mass is 16.5. The van der Waals surface area contributed by atoms with Crippen molar-refractivity contribution < 1.29 is 9.53 Å². The molecule has 0 aliphatic heterocycles. The zero-order valence-electron chi connectivity index (χ0n) is 18.8. The van der Waals surface area contributed by atoms with E-state index in [2.05, 4.69) is 46.5 Å². The Kier molecular flexibility index (Phi) is 7.67. The molecule has 0 spiro atoms. The van der Waals surface area contributed by atoms with E-state index in [0.717, 1.165) is 56.5 Å². The molecule has 1 aliphatic carbocycles. The second-order valence-electron chi connectivity index (χ2n) is 8.71. The number of hydrogen-bond acceptors (Lipinski definition) is 5. The average Bonchev–Trinajstić information content (AvgIpc) is 3.27. The van der Waals surface area contributed by atoms with Crippen LogP contribution in [0.2, 0.25) is 0 Å². The smallest absolute Gasteiger partial charge is 0.310 e. The fraction of sp³-hybridized carbons (Fsp3) is 0.423. The number of ether oxygens (including phenoxy) is 1. The summed E-state index contributed by atoms with van der Waals surface area (Å²) < 4.78 is 7.82. The van der Waals surface area contributed by atoms with E-state index in [-0.39, 0.29) is 18.1 Å². The van der Waals surface area contributed by atoms with Gasteiger partial charge in [-0.25, -0.2) is 4.68 Å². The van der Waals surface area contributed by atoms with E-state index in [9.17, 15) is 4.79 Å². The molecule has 0 saturated heterocycles. The Labute approximate surface area is 190 Å². The molecule has 1 aromatic heterocycles. The van der Waals surface area contributed by atoms with E-state index in [1.54, 1.807) is 0 Å². The van der Waals surface area contributed by atoms with Crippen LogP contribution in [0.25, 0.3) is 0 Å². The lowest BCUT2D eigenvalue weighted by Gasteiger charge is -2.30. The van der Waals surface area contributed by atoms with Crippen molar-refractivity contribution in [3.8, 4) is 0 Å². The fourth-order valence-electron chi connectivity index (χ4n) is 4.36. The number of carbonyl (C=O) groups is 1. The molecule has 168 valence electrons. The monoisotopic (exact) mass is 432 g/mol. The quantitative estimate of drug-likeness (QED) is 0.474. The molecule has 6 nitrogen and oxygen atoms in total. The SMILES string of the molecule is CN(CCc1ccccc1)Cc1cn([C@@H]2CCCC[C@H]2OC(=O)Cc2ccccc2)nn1. The maximum absolute atomic E-state index is 12.5. The minimum absolute atomic E-state index is 0.0550. The van der Waals surface area contributed by atoms with Crippen LogP contribution in [0.4, 0.5) is 0 Å². The zero-order valence-corrected chi connectivity index (χ0v) is 18.8. The molecule has 2 atom stereocenters. The third-order valence-corrected chi connectivity index (χ3v) is 6.10. The van der Waals surface area contributed by atoms with E-state index >= 15 is 0 Å². The van der Waals surface area contributed by atoms with Crippen LogP contribution in [0.1, 0.15) is 48.5 Å². The predicted octanol–water partition coefficient (Wildman–Crippen LogP) is 4.22. The van der Waals surface area contributed by atoms with E-state index < -0.39 is 0 Å². The van der Waals surface area contributed by atoms with Crippen LogP contribution >= 0.6 is 0 Å². The molecule has 4 rings (SSSR count). The molecule has 1 aliphatic rings. The van der Waals surface area contributed by atoms with E-state index in [4.69, 9.17) is 4.74 Å². The lowest BCUT2D eigenvalue weighted by molar-refractivity contribution is -0.152. The van der Waals surface area contributed by atoms with Gasteiger partial charge in [0.05, 0.1) is 24.4 Å². The van der Waals surface area contributed by atoms with Crippen molar-refractivity contribution in [3.05, 3.63) is 83.7 Å². The standard InChI is InChI=1S/C26H32N4O2/c1-29(17-16-21-10-4-2-5-11-21)19-23-20-30(28-27-23)24-14-8-9-15-25(24)32-26(31)18-22-12-6-3-7-13-22/h2-7,10-13,20,24-25H,8-9,14-19H2,1H3/t24-,25-/m1/s1. The summed E-state index contributed by atoms with van der Waals surface area (Å²) in [6, 6.07) is 20.3. The van der Waals surface area contributed by atoms with Crippen LogP contribution in [0.15, 0.2) is 66.9 Å². The summed E-state index contributed by atoms with van der Waals surface area (Å²) in [5, 5.41) is 8.80. The summed E-state index contributed by atoms with van der Waals surface area (Å²) >= 11 is 0. The van der Waals surface area contributed by atoms with Crippen molar-refractivity contribution in [1.82, 2.24) is 19.9 Å². The van der Waals surface area contributed by atoms with Gasteiger partial charge in [-0.15, -0.1) is 5.10 Å². The van der Waals surface area contributed by atoms with Gasteiger partial charge in [-0.3, -0.25) is 4.79 Å². The molecule has 32 heavy (non-hydrogen) atoms. The summed E-state index contributed by atoms with van der Waals surface area (Å²) in [7, 11) is 2.11. The molecule has 0 amide bonds. The molecule has 3 aromatic rings. The molecule has 0 bridgehead atoms. The summed E-state index contributed by atoms with van der Waals surface area (Å²) in [4.78, 5) is 14.8. The lowest BCUT2D eigenvalue weighted by Crippen LogP contribution is -2.33. The molecule has 1 saturated carbocycles. The second kappa shape index (κ2) is 11.0. The largest absolute Gasteiger partial charge is 0.460 e. The molecule has 0 N–H and O–H groups in total. The Morgan fingerprint density at radius 2 is 1.72 bits per heavy atom. The number of likely N-dealkylation sites (N-methyl/N-ethyl adjacent to an activating group) is 1. The maximum Gasteiger partial charge on any atom is 0.310 e. The van der Waals surface area contributed by atoms with Gasteiger partial charge in [-0.05, 0) is 43.9 Å². The molecular weight excluding hydrogens is 400 g/mol. The third-order valence-electron chi connectivity index (χ3n) is 6.10. The highest BCUT2D eigenvalue weighted by molar-refractivity contribution is 5.72. The van der Waals surface area contributed by atoms with Crippen molar-refractivity contribution in [2.24, 2.45) is 0 Å². The zero-order chi connectivity index (χ0) is 22.2. The van der Waals surface area contributed by atoms with Gasteiger partial charge in [0.2, 0.25) is 0 Å². The van der Waals surface area contributed by atoms with Gasteiger partial charge in [0.15, 0.2) is 0 Å². The minimum atomic E-state index is -0.172. The van der Waals surface area contributed by atoms with Crippen LogP contribution in [-0.2, 0) is 28.9 Å².